The van der Waals surface area contributed by atoms with Crippen LogP contribution in [0, 0.1) is 5.92 Å². The highest BCUT2D eigenvalue weighted by Gasteiger charge is 2.44. The molecule has 7 N–H and O–H groups in total. The highest BCUT2D eigenvalue weighted by atomic mass is 16.3. The molecule has 4 atom stereocenters. The Hall–Kier alpha value is -3.43. The average Bonchev–Trinajstić information content (AvgIpc) is 3.46. The molecule has 9 heteroatoms. The van der Waals surface area contributed by atoms with E-state index < -0.39 is 12.2 Å². The monoisotopic (exact) mass is 445 g/mol. The molecule has 2 aliphatic rings. The summed E-state index contributed by atoms with van der Waals surface area (Å²) < 4.78 is 2.12. The number of hydrogen-bond acceptors (Lipinski definition) is 8. The molecular weight excluding hydrogens is 418 g/mol. The third-order valence-electron chi connectivity index (χ3n) is 7.25. The summed E-state index contributed by atoms with van der Waals surface area (Å²) in [6.07, 6.45) is 3.28. The van der Waals surface area contributed by atoms with Gasteiger partial charge < -0.3 is 31.6 Å². The topological polar surface area (TPSA) is 148 Å². The number of nitrogens with two attached hydrogens (primary N) is 2. The molecule has 1 fully saturated rings. The molecule has 0 radical (unpaired) electrons. The maximum absolute atomic E-state index is 11.0. The van der Waals surface area contributed by atoms with Gasteiger partial charge in [-0.05, 0) is 55.5 Å². The second kappa shape index (κ2) is 7.57. The fourth-order valence-corrected chi connectivity index (χ4v) is 5.66. The van der Waals surface area contributed by atoms with E-state index in [-0.39, 0.29) is 12.0 Å². The number of pyridine rings is 1. The zero-order valence-electron chi connectivity index (χ0n) is 18.1. The first-order valence-electron chi connectivity index (χ1n) is 11.4. The minimum Gasteiger partial charge on any atom is -0.390 e. The van der Waals surface area contributed by atoms with Gasteiger partial charge in [-0.3, -0.25) is 0 Å². The minimum atomic E-state index is -0.883. The van der Waals surface area contributed by atoms with Crippen molar-refractivity contribution in [2.45, 2.75) is 43.9 Å². The number of hydrogen-bond donors (Lipinski definition) is 5. The lowest BCUT2D eigenvalue weighted by Gasteiger charge is -2.21. The molecule has 9 nitrogen and oxygen atoms in total. The minimum absolute atomic E-state index is 0.122. The standard InChI is InChI=1S/C24H27N7O2/c25-19-7-5-12-4-6-14(9-16(12)30-19)27-10-13-8-18(22(33)21(13)32)31-17-3-1-2-15(17)20-23(26)28-11-29-24(20)31/h4-7,9,11,13,18,21-22,27,32-33H,1-3,8,10H2,(H2,25,30)(H2,26,28,29)/t13-,18-,21-,22+/m1/s1. The first kappa shape index (κ1) is 20.2. The quantitative estimate of drug-likeness (QED) is 0.320. The fourth-order valence-electron chi connectivity index (χ4n) is 5.66. The van der Waals surface area contributed by atoms with E-state index in [1.165, 1.54) is 17.6 Å². The molecule has 3 heterocycles. The van der Waals surface area contributed by atoms with Gasteiger partial charge in [0.2, 0.25) is 0 Å². The molecule has 0 saturated heterocycles. The number of aromatic nitrogens is 4. The first-order valence-corrected chi connectivity index (χ1v) is 11.4. The molecular formula is C24H27N7O2. The normalized spacial score (nSPS) is 24.5. The van der Waals surface area contributed by atoms with Crippen molar-refractivity contribution in [2.24, 2.45) is 5.92 Å². The van der Waals surface area contributed by atoms with Gasteiger partial charge in [0.1, 0.15) is 29.7 Å². The van der Waals surface area contributed by atoms with Gasteiger partial charge in [-0.1, -0.05) is 6.07 Å². The smallest absolute Gasteiger partial charge is 0.146 e. The maximum Gasteiger partial charge on any atom is 0.146 e. The van der Waals surface area contributed by atoms with Gasteiger partial charge in [-0.2, -0.15) is 0 Å². The van der Waals surface area contributed by atoms with Gasteiger partial charge in [-0.25, -0.2) is 15.0 Å². The average molecular weight is 446 g/mol. The Balaban J connectivity index is 1.27. The Morgan fingerprint density at radius 3 is 2.79 bits per heavy atom. The van der Waals surface area contributed by atoms with Gasteiger partial charge in [0.15, 0.2) is 0 Å². The van der Waals surface area contributed by atoms with Crippen LogP contribution in [-0.2, 0) is 12.8 Å². The molecule has 0 spiro atoms. The van der Waals surface area contributed by atoms with Crippen LogP contribution in [0.2, 0.25) is 0 Å². The number of nitrogen functional groups attached to an aromatic ring is 2. The van der Waals surface area contributed by atoms with E-state index in [9.17, 15) is 10.2 Å². The summed E-state index contributed by atoms with van der Waals surface area (Å²) in [5.41, 5.74) is 16.8. The number of rotatable bonds is 4. The number of aliphatic hydroxyl groups is 2. The van der Waals surface area contributed by atoms with E-state index in [0.29, 0.717) is 24.6 Å². The molecule has 0 aliphatic heterocycles. The third-order valence-corrected chi connectivity index (χ3v) is 7.25. The van der Waals surface area contributed by atoms with Crippen LogP contribution in [0.25, 0.3) is 21.9 Å². The summed E-state index contributed by atoms with van der Waals surface area (Å²) >= 11 is 0. The van der Waals surface area contributed by atoms with Gasteiger partial charge >= 0.3 is 0 Å². The Morgan fingerprint density at radius 2 is 1.91 bits per heavy atom. The van der Waals surface area contributed by atoms with Crippen molar-refractivity contribution in [3.63, 3.8) is 0 Å². The van der Waals surface area contributed by atoms with Crippen molar-refractivity contribution in [1.29, 1.82) is 0 Å². The van der Waals surface area contributed by atoms with E-state index >= 15 is 0 Å². The second-order valence-electron chi connectivity index (χ2n) is 9.18. The lowest BCUT2D eigenvalue weighted by atomic mass is 10.1. The van der Waals surface area contributed by atoms with E-state index in [4.69, 9.17) is 11.5 Å². The molecule has 2 aliphatic carbocycles. The highest BCUT2D eigenvalue weighted by molar-refractivity contribution is 5.91. The van der Waals surface area contributed by atoms with Gasteiger partial charge in [0.05, 0.1) is 23.0 Å². The molecule has 0 amide bonds. The van der Waals surface area contributed by atoms with E-state index in [1.54, 1.807) is 6.07 Å². The van der Waals surface area contributed by atoms with Crippen LogP contribution in [-0.4, -0.2) is 48.5 Å². The van der Waals surface area contributed by atoms with Gasteiger partial charge in [0.25, 0.3) is 0 Å². The van der Waals surface area contributed by atoms with Crippen LogP contribution in [0.5, 0.6) is 0 Å². The molecule has 0 unspecified atom stereocenters. The van der Waals surface area contributed by atoms with Crippen LogP contribution in [0.1, 0.15) is 30.1 Å². The predicted octanol–water partition coefficient (Wildman–Crippen LogP) is 2.03. The number of aryl methyl sites for hydroxylation is 1. The molecule has 1 saturated carbocycles. The van der Waals surface area contributed by atoms with E-state index in [0.717, 1.165) is 46.9 Å². The maximum atomic E-state index is 11.0. The van der Waals surface area contributed by atoms with E-state index in [1.807, 2.05) is 24.3 Å². The molecule has 3 aromatic heterocycles. The number of aliphatic hydroxyl groups excluding tert-OH is 2. The fraction of sp³-hybridized carbons (Fsp3) is 0.375. The number of nitrogens with one attached hydrogen (secondary N) is 1. The summed E-state index contributed by atoms with van der Waals surface area (Å²) in [7, 11) is 0. The summed E-state index contributed by atoms with van der Waals surface area (Å²) in [5.74, 6) is 0.838. The third kappa shape index (κ3) is 3.19. The van der Waals surface area contributed by atoms with Crippen LogP contribution < -0.4 is 16.8 Å². The number of nitrogens with zero attached hydrogens (tertiary/aromatic N) is 4. The number of anilines is 3. The zero-order chi connectivity index (χ0) is 22.7. The predicted molar refractivity (Wildman–Crippen MR) is 128 cm³/mol. The van der Waals surface area contributed by atoms with Crippen molar-refractivity contribution in [1.82, 2.24) is 19.5 Å². The highest BCUT2D eigenvalue weighted by Crippen LogP contribution is 2.43. The summed E-state index contributed by atoms with van der Waals surface area (Å²) in [6.45, 7) is 0.529. The van der Waals surface area contributed by atoms with Crippen molar-refractivity contribution in [3.05, 3.63) is 47.9 Å². The second-order valence-corrected chi connectivity index (χ2v) is 9.18. The Labute approximate surface area is 190 Å². The molecule has 170 valence electrons. The largest absolute Gasteiger partial charge is 0.390 e. The molecule has 4 aromatic rings. The summed E-state index contributed by atoms with van der Waals surface area (Å²) in [6, 6.07) is 9.40. The molecule has 6 rings (SSSR count). The van der Waals surface area contributed by atoms with Crippen LogP contribution in [0.4, 0.5) is 17.3 Å². The van der Waals surface area contributed by atoms with Crippen LogP contribution in [0.3, 0.4) is 0 Å². The SMILES string of the molecule is Nc1ccc2ccc(NC[C@H]3C[C@@H](n4c5c(c6c(N)ncnc64)CCC5)[C@H](O)[C@@H]3O)cc2n1. The van der Waals surface area contributed by atoms with Crippen LogP contribution in [0.15, 0.2) is 36.7 Å². The zero-order valence-corrected chi connectivity index (χ0v) is 18.1. The van der Waals surface area contributed by atoms with Crippen molar-refractivity contribution in [2.75, 3.05) is 23.3 Å². The first-order chi connectivity index (χ1) is 16.0. The number of benzene rings is 1. The van der Waals surface area contributed by atoms with Crippen molar-refractivity contribution >= 4 is 39.3 Å². The molecule has 1 aromatic carbocycles. The van der Waals surface area contributed by atoms with Crippen LogP contribution >= 0.6 is 0 Å². The molecule has 33 heavy (non-hydrogen) atoms. The summed E-state index contributed by atoms with van der Waals surface area (Å²) in [5, 5.41) is 27.3. The van der Waals surface area contributed by atoms with Crippen molar-refractivity contribution in [3.8, 4) is 0 Å². The van der Waals surface area contributed by atoms with Gasteiger partial charge in [0, 0.05) is 29.2 Å². The lowest BCUT2D eigenvalue weighted by molar-refractivity contribution is 0.00854. The van der Waals surface area contributed by atoms with Gasteiger partial charge in [-0.15, -0.1) is 0 Å². The summed E-state index contributed by atoms with van der Waals surface area (Å²) in [4.78, 5) is 13.1. The number of fused-ring (bicyclic) bond motifs is 4. The molecule has 0 bridgehead atoms. The Morgan fingerprint density at radius 1 is 1.06 bits per heavy atom. The van der Waals surface area contributed by atoms with Crippen molar-refractivity contribution < 1.29 is 10.2 Å². The Kier molecular flexibility index (Phi) is 4.63. The Bertz CT molecular complexity index is 1370. The van der Waals surface area contributed by atoms with E-state index in [2.05, 4.69) is 24.8 Å². The lowest BCUT2D eigenvalue weighted by Crippen LogP contribution is -2.32.